The second-order valence-electron chi connectivity index (χ2n) is 2.84. The number of rotatable bonds is 5. The molecule has 1 atom stereocenters. The molecule has 0 fully saturated rings. The van der Waals surface area contributed by atoms with Crippen LogP contribution in [0.15, 0.2) is 22.8 Å². The van der Waals surface area contributed by atoms with Crippen molar-refractivity contribution in [3.8, 4) is 6.07 Å². The molecule has 0 saturated carbocycles. The molecule has 0 aromatic carbocycles. The average molecular weight is 178 g/mol. The van der Waals surface area contributed by atoms with Gasteiger partial charge in [0.15, 0.2) is 0 Å². The third-order valence-corrected chi connectivity index (χ3v) is 1.92. The first-order valence-electron chi connectivity index (χ1n) is 4.52. The molecule has 0 bridgehead atoms. The minimum atomic E-state index is 0.239. The van der Waals surface area contributed by atoms with Gasteiger partial charge in [0.1, 0.15) is 5.76 Å². The molecule has 1 aromatic heterocycles. The number of nitrogens with one attached hydrogen (secondary N) is 1. The average Bonchev–Trinajstić information content (AvgIpc) is 2.65. The van der Waals surface area contributed by atoms with Gasteiger partial charge in [-0.3, -0.25) is 0 Å². The Morgan fingerprint density at radius 1 is 1.69 bits per heavy atom. The molecule has 3 heteroatoms. The zero-order valence-corrected chi connectivity index (χ0v) is 7.79. The van der Waals surface area contributed by atoms with Crippen molar-refractivity contribution < 1.29 is 4.42 Å². The van der Waals surface area contributed by atoms with E-state index in [1.165, 1.54) is 0 Å². The number of hydrogen-bond acceptors (Lipinski definition) is 3. The van der Waals surface area contributed by atoms with Gasteiger partial charge in [0, 0.05) is 13.0 Å². The van der Waals surface area contributed by atoms with Crippen LogP contribution in [-0.2, 0) is 0 Å². The van der Waals surface area contributed by atoms with Crippen LogP contribution in [-0.4, -0.2) is 6.54 Å². The van der Waals surface area contributed by atoms with E-state index >= 15 is 0 Å². The maximum absolute atomic E-state index is 8.37. The SMILES string of the molecule is CCC(NCCC#N)c1ccco1. The van der Waals surface area contributed by atoms with Crippen molar-refractivity contribution in [2.45, 2.75) is 25.8 Å². The second kappa shape index (κ2) is 5.39. The van der Waals surface area contributed by atoms with Crippen LogP contribution in [0.25, 0.3) is 0 Å². The van der Waals surface area contributed by atoms with Crippen LogP contribution in [0.2, 0.25) is 0 Å². The quantitative estimate of drug-likeness (QED) is 0.703. The number of hydrogen-bond donors (Lipinski definition) is 1. The molecule has 0 amide bonds. The summed E-state index contributed by atoms with van der Waals surface area (Å²) in [6.07, 6.45) is 3.18. The highest BCUT2D eigenvalue weighted by Gasteiger charge is 2.09. The van der Waals surface area contributed by atoms with Crippen LogP contribution >= 0.6 is 0 Å². The Kier molecular flexibility index (Phi) is 4.07. The van der Waals surface area contributed by atoms with Gasteiger partial charge in [-0.05, 0) is 18.6 Å². The van der Waals surface area contributed by atoms with Crippen molar-refractivity contribution in [2.24, 2.45) is 0 Å². The molecule has 0 aliphatic heterocycles. The molecule has 3 nitrogen and oxygen atoms in total. The summed E-state index contributed by atoms with van der Waals surface area (Å²) in [6, 6.07) is 6.17. The Morgan fingerprint density at radius 3 is 3.08 bits per heavy atom. The van der Waals surface area contributed by atoms with Crippen molar-refractivity contribution in [3.05, 3.63) is 24.2 Å². The summed E-state index contributed by atoms with van der Waals surface area (Å²) in [6.45, 7) is 2.81. The maximum atomic E-state index is 8.37. The third-order valence-electron chi connectivity index (χ3n) is 1.92. The molecule has 1 unspecified atom stereocenters. The van der Waals surface area contributed by atoms with Crippen LogP contribution in [0.3, 0.4) is 0 Å². The lowest BCUT2D eigenvalue weighted by Gasteiger charge is -2.12. The van der Waals surface area contributed by atoms with Crippen LogP contribution in [0.5, 0.6) is 0 Å². The lowest BCUT2D eigenvalue weighted by atomic mass is 10.1. The Balaban J connectivity index is 2.41. The van der Waals surface area contributed by atoms with Crippen molar-refractivity contribution in [1.82, 2.24) is 5.32 Å². The first kappa shape index (κ1) is 9.82. The van der Waals surface area contributed by atoms with Crippen molar-refractivity contribution in [2.75, 3.05) is 6.54 Å². The maximum Gasteiger partial charge on any atom is 0.120 e. The molecular weight excluding hydrogens is 164 g/mol. The first-order chi connectivity index (χ1) is 6.38. The molecule has 70 valence electrons. The highest BCUT2D eigenvalue weighted by Crippen LogP contribution is 2.16. The van der Waals surface area contributed by atoms with Crippen LogP contribution in [0.1, 0.15) is 31.6 Å². The molecule has 0 saturated heterocycles. The van der Waals surface area contributed by atoms with Gasteiger partial charge in [0.05, 0.1) is 18.4 Å². The zero-order chi connectivity index (χ0) is 9.52. The summed E-state index contributed by atoms with van der Waals surface area (Å²) in [7, 11) is 0. The van der Waals surface area contributed by atoms with E-state index in [-0.39, 0.29) is 6.04 Å². The number of furan rings is 1. The Labute approximate surface area is 78.4 Å². The van der Waals surface area contributed by atoms with Gasteiger partial charge in [0.25, 0.3) is 0 Å². The van der Waals surface area contributed by atoms with Crippen molar-refractivity contribution >= 4 is 0 Å². The molecule has 0 aliphatic rings. The standard InChI is InChI=1S/C10H14N2O/c1-2-9(12-7-4-6-11)10-5-3-8-13-10/h3,5,8-9,12H,2,4,7H2,1H3. The Hall–Kier alpha value is -1.27. The minimum absolute atomic E-state index is 0.239. The minimum Gasteiger partial charge on any atom is -0.468 e. The Morgan fingerprint density at radius 2 is 2.54 bits per heavy atom. The van der Waals surface area contributed by atoms with E-state index < -0.39 is 0 Å². The summed E-state index contributed by atoms with van der Waals surface area (Å²) in [5.74, 6) is 0.945. The van der Waals surface area contributed by atoms with Gasteiger partial charge >= 0.3 is 0 Å². The highest BCUT2D eigenvalue weighted by molar-refractivity contribution is 5.03. The predicted octanol–water partition coefficient (Wildman–Crippen LogP) is 2.23. The molecule has 1 heterocycles. The smallest absolute Gasteiger partial charge is 0.120 e. The Bertz CT molecular complexity index is 261. The summed E-state index contributed by atoms with van der Waals surface area (Å²) >= 11 is 0. The third kappa shape index (κ3) is 2.92. The van der Waals surface area contributed by atoms with Crippen LogP contribution < -0.4 is 5.32 Å². The van der Waals surface area contributed by atoms with E-state index in [1.807, 2.05) is 12.1 Å². The van der Waals surface area contributed by atoms with Gasteiger partial charge in [0.2, 0.25) is 0 Å². The van der Waals surface area contributed by atoms with E-state index in [4.69, 9.17) is 9.68 Å². The predicted molar refractivity (Wildman–Crippen MR) is 50.0 cm³/mol. The molecule has 1 N–H and O–H groups in total. The topological polar surface area (TPSA) is 49.0 Å². The monoisotopic (exact) mass is 178 g/mol. The van der Waals surface area contributed by atoms with E-state index in [9.17, 15) is 0 Å². The fraction of sp³-hybridized carbons (Fsp3) is 0.500. The van der Waals surface area contributed by atoms with Crippen LogP contribution in [0.4, 0.5) is 0 Å². The summed E-state index contributed by atoms with van der Waals surface area (Å²) in [5, 5.41) is 11.6. The first-order valence-corrected chi connectivity index (χ1v) is 4.52. The van der Waals surface area contributed by atoms with Gasteiger partial charge in [-0.25, -0.2) is 0 Å². The highest BCUT2D eigenvalue weighted by atomic mass is 16.3. The lowest BCUT2D eigenvalue weighted by Crippen LogP contribution is -2.21. The fourth-order valence-electron chi connectivity index (χ4n) is 1.24. The van der Waals surface area contributed by atoms with Gasteiger partial charge < -0.3 is 9.73 Å². The molecule has 0 radical (unpaired) electrons. The van der Waals surface area contributed by atoms with Gasteiger partial charge in [-0.15, -0.1) is 0 Å². The van der Waals surface area contributed by atoms with Crippen LogP contribution in [0, 0.1) is 11.3 Å². The fourth-order valence-corrected chi connectivity index (χ4v) is 1.24. The molecule has 0 spiro atoms. The largest absolute Gasteiger partial charge is 0.468 e. The summed E-state index contributed by atoms with van der Waals surface area (Å²) in [5.41, 5.74) is 0. The van der Waals surface area contributed by atoms with Gasteiger partial charge in [-0.1, -0.05) is 6.92 Å². The van der Waals surface area contributed by atoms with Crippen molar-refractivity contribution in [3.63, 3.8) is 0 Å². The lowest BCUT2D eigenvalue weighted by molar-refractivity contribution is 0.407. The molecule has 13 heavy (non-hydrogen) atoms. The zero-order valence-electron chi connectivity index (χ0n) is 7.79. The molecule has 1 rings (SSSR count). The van der Waals surface area contributed by atoms with E-state index in [0.717, 1.165) is 18.7 Å². The molecular formula is C10H14N2O. The second-order valence-corrected chi connectivity index (χ2v) is 2.84. The van der Waals surface area contributed by atoms with E-state index in [2.05, 4.69) is 18.3 Å². The molecule has 0 aliphatic carbocycles. The summed E-state index contributed by atoms with van der Waals surface area (Å²) < 4.78 is 5.27. The number of nitrogens with zero attached hydrogens (tertiary/aromatic N) is 1. The summed E-state index contributed by atoms with van der Waals surface area (Å²) in [4.78, 5) is 0. The normalized spacial score (nSPS) is 12.3. The number of nitriles is 1. The van der Waals surface area contributed by atoms with Crippen molar-refractivity contribution in [1.29, 1.82) is 5.26 Å². The van der Waals surface area contributed by atoms with Gasteiger partial charge in [-0.2, -0.15) is 5.26 Å². The van der Waals surface area contributed by atoms with E-state index in [1.54, 1.807) is 6.26 Å². The van der Waals surface area contributed by atoms with E-state index in [0.29, 0.717) is 6.42 Å². The molecule has 1 aromatic rings.